The van der Waals surface area contributed by atoms with Gasteiger partial charge in [0.2, 0.25) is 5.82 Å². The minimum atomic E-state index is -4.41. The number of nitrogen functional groups attached to an aromatic ring is 1. The van der Waals surface area contributed by atoms with E-state index in [0.29, 0.717) is 36.4 Å². The standard InChI is InChI=1S/C15H22N5O4P.H3N/c1-2-3-4-5-8-12-18-14(16)13-15(19-12)20(11-17-13)9-6-7-10-24-25(21,22)23;/h11H,2-4,6-7,9-10H2,1H3,(H2,16,18,19)(H2,21,22,23);1H3. The van der Waals surface area contributed by atoms with Crippen LogP contribution in [0.5, 0.6) is 0 Å². The van der Waals surface area contributed by atoms with Crippen molar-refractivity contribution in [2.45, 2.75) is 45.6 Å². The van der Waals surface area contributed by atoms with E-state index in [0.717, 1.165) is 19.3 Å². The maximum Gasteiger partial charge on any atom is 0.469 e. The zero-order valence-corrected chi connectivity index (χ0v) is 15.7. The molecule has 0 amide bonds. The van der Waals surface area contributed by atoms with Crippen molar-refractivity contribution in [1.29, 1.82) is 0 Å². The van der Waals surface area contributed by atoms with Crippen LogP contribution < -0.4 is 11.9 Å². The van der Waals surface area contributed by atoms with E-state index in [1.165, 1.54) is 0 Å². The van der Waals surface area contributed by atoms with Crippen LogP contribution in [0.2, 0.25) is 0 Å². The summed E-state index contributed by atoms with van der Waals surface area (Å²) in [6.45, 7) is 2.66. The Balaban J connectivity index is 0.00000338. The number of nitrogens with two attached hydrogens (primary N) is 1. The summed E-state index contributed by atoms with van der Waals surface area (Å²) >= 11 is 0. The van der Waals surface area contributed by atoms with Gasteiger partial charge < -0.3 is 26.2 Å². The topological polar surface area (TPSA) is 171 Å². The predicted molar refractivity (Wildman–Crippen MR) is 98.4 cm³/mol. The van der Waals surface area contributed by atoms with Gasteiger partial charge in [-0.15, -0.1) is 0 Å². The summed E-state index contributed by atoms with van der Waals surface area (Å²) in [5.41, 5.74) is 7.04. The minimum absolute atomic E-state index is 0. The molecule has 0 saturated heterocycles. The molecule has 144 valence electrons. The first-order valence-electron chi connectivity index (χ1n) is 8.08. The van der Waals surface area contributed by atoms with E-state index >= 15 is 0 Å². The zero-order valence-electron chi connectivity index (χ0n) is 14.8. The van der Waals surface area contributed by atoms with E-state index in [1.807, 2.05) is 4.57 Å². The molecule has 0 bridgehead atoms. The normalized spacial score (nSPS) is 11.0. The molecule has 7 N–H and O–H groups in total. The third-order valence-corrected chi connectivity index (χ3v) is 3.92. The second-order valence-electron chi connectivity index (χ2n) is 5.48. The van der Waals surface area contributed by atoms with Crippen LogP contribution in [0.4, 0.5) is 5.82 Å². The van der Waals surface area contributed by atoms with Gasteiger partial charge >= 0.3 is 7.82 Å². The summed E-state index contributed by atoms with van der Waals surface area (Å²) < 4.78 is 16.9. The lowest BCUT2D eigenvalue weighted by atomic mass is 10.2. The molecule has 0 aliphatic heterocycles. The lowest BCUT2D eigenvalue weighted by molar-refractivity contribution is 0.193. The fourth-order valence-electron chi connectivity index (χ4n) is 2.16. The molecule has 2 aromatic rings. The van der Waals surface area contributed by atoms with Crippen molar-refractivity contribution >= 4 is 24.8 Å². The number of rotatable bonds is 8. The van der Waals surface area contributed by atoms with Gasteiger partial charge in [0.1, 0.15) is 5.52 Å². The van der Waals surface area contributed by atoms with Crippen molar-refractivity contribution in [1.82, 2.24) is 25.7 Å². The first-order valence-corrected chi connectivity index (χ1v) is 9.61. The lowest BCUT2D eigenvalue weighted by Gasteiger charge is -2.06. The molecular weight excluding hydrogens is 359 g/mol. The molecule has 0 fully saturated rings. The van der Waals surface area contributed by atoms with Crippen LogP contribution in [-0.4, -0.2) is 35.9 Å². The Bertz CT molecular complexity index is 823. The number of aromatic nitrogens is 4. The molecule has 2 heterocycles. The van der Waals surface area contributed by atoms with Gasteiger partial charge in [0.15, 0.2) is 11.5 Å². The summed E-state index contributed by atoms with van der Waals surface area (Å²) in [5.74, 6) is 6.61. The number of fused-ring (bicyclic) bond motifs is 1. The zero-order chi connectivity index (χ0) is 18.3. The number of hydrogen-bond donors (Lipinski definition) is 4. The van der Waals surface area contributed by atoms with Gasteiger partial charge in [0.05, 0.1) is 12.9 Å². The molecule has 2 aromatic heterocycles. The molecule has 10 nitrogen and oxygen atoms in total. The number of imidazole rings is 1. The van der Waals surface area contributed by atoms with Crippen LogP contribution >= 0.6 is 7.82 Å². The Labute approximate surface area is 152 Å². The Morgan fingerprint density at radius 1 is 1.31 bits per heavy atom. The fourth-order valence-corrected chi connectivity index (χ4v) is 2.53. The van der Waals surface area contributed by atoms with Gasteiger partial charge in [-0.25, -0.2) is 19.5 Å². The number of phosphoric acid groups is 1. The Kier molecular flexibility index (Phi) is 8.65. The van der Waals surface area contributed by atoms with Gasteiger partial charge in [-0.1, -0.05) is 19.3 Å². The summed E-state index contributed by atoms with van der Waals surface area (Å²) in [7, 11) is -4.41. The number of unbranched alkanes of at least 4 members (excludes halogenated alkanes) is 3. The highest BCUT2D eigenvalue weighted by Gasteiger charge is 2.13. The SMILES string of the molecule is CCCCC#Cc1nc(N)c2ncn(CCCCOP(=O)(O)O)c2n1.N. The smallest absolute Gasteiger partial charge is 0.382 e. The average molecular weight is 384 g/mol. The van der Waals surface area contributed by atoms with Crippen molar-refractivity contribution in [2.24, 2.45) is 0 Å². The quantitative estimate of drug-likeness (QED) is 0.302. The van der Waals surface area contributed by atoms with Gasteiger partial charge in [0, 0.05) is 13.0 Å². The molecule has 0 radical (unpaired) electrons. The van der Waals surface area contributed by atoms with Crippen LogP contribution in [0.3, 0.4) is 0 Å². The highest BCUT2D eigenvalue weighted by molar-refractivity contribution is 7.46. The third-order valence-electron chi connectivity index (χ3n) is 3.40. The van der Waals surface area contributed by atoms with Gasteiger partial charge in [-0.2, -0.15) is 0 Å². The van der Waals surface area contributed by atoms with Crippen molar-refractivity contribution in [3.05, 3.63) is 12.2 Å². The van der Waals surface area contributed by atoms with E-state index in [9.17, 15) is 4.57 Å². The van der Waals surface area contributed by atoms with E-state index < -0.39 is 7.82 Å². The van der Waals surface area contributed by atoms with E-state index in [-0.39, 0.29) is 18.6 Å². The Morgan fingerprint density at radius 2 is 2.08 bits per heavy atom. The van der Waals surface area contributed by atoms with Crippen molar-refractivity contribution in [2.75, 3.05) is 12.3 Å². The fraction of sp³-hybridized carbons (Fsp3) is 0.533. The van der Waals surface area contributed by atoms with E-state index in [2.05, 4.69) is 38.2 Å². The predicted octanol–water partition coefficient (Wildman–Crippen LogP) is 2.00. The Morgan fingerprint density at radius 3 is 2.77 bits per heavy atom. The number of phosphoric ester groups is 1. The van der Waals surface area contributed by atoms with Crippen LogP contribution in [0.25, 0.3) is 11.2 Å². The monoisotopic (exact) mass is 384 g/mol. The lowest BCUT2D eigenvalue weighted by Crippen LogP contribution is -2.03. The maximum absolute atomic E-state index is 10.6. The Hall–Kier alpha value is -2.02. The van der Waals surface area contributed by atoms with E-state index in [1.54, 1.807) is 6.33 Å². The summed E-state index contributed by atoms with van der Waals surface area (Å²) in [6.07, 6.45) is 5.65. The van der Waals surface area contributed by atoms with Crippen LogP contribution in [0.15, 0.2) is 6.33 Å². The minimum Gasteiger partial charge on any atom is -0.382 e. The van der Waals surface area contributed by atoms with Gasteiger partial charge in [-0.05, 0) is 25.2 Å². The average Bonchev–Trinajstić information content (AvgIpc) is 2.94. The molecule has 26 heavy (non-hydrogen) atoms. The third kappa shape index (κ3) is 6.71. The van der Waals surface area contributed by atoms with Gasteiger partial charge in [-0.3, -0.25) is 4.52 Å². The number of nitrogens with zero attached hydrogens (tertiary/aromatic N) is 4. The molecule has 0 spiro atoms. The molecule has 11 heteroatoms. The highest BCUT2D eigenvalue weighted by Crippen LogP contribution is 2.35. The maximum atomic E-state index is 10.6. The molecule has 0 aliphatic rings. The molecular formula is C15H25N6O4P. The molecule has 0 aromatic carbocycles. The second-order valence-corrected chi connectivity index (χ2v) is 6.72. The van der Waals surface area contributed by atoms with E-state index in [4.69, 9.17) is 15.5 Å². The molecule has 0 saturated carbocycles. The first kappa shape index (κ1) is 22.0. The van der Waals surface area contributed by atoms with Crippen molar-refractivity contribution in [3.8, 4) is 11.8 Å². The van der Waals surface area contributed by atoms with Crippen LogP contribution in [-0.2, 0) is 15.6 Å². The summed E-state index contributed by atoms with van der Waals surface area (Å²) in [5, 5.41) is 0. The first-order chi connectivity index (χ1) is 11.9. The van der Waals surface area contributed by atoms with Gasteiger partial charge in [0.25, 0.3) is 0 Å². The molecule has 2 rings (SSSR count). The van der Waals surface area contributed by atoms with Crippen molar-refractivity contribution < 1.29 is 18.9 Å². The summed E-state index contributed by atoms with van der Waals surface area (Å²) in [6, 6.07) is 0. The highest BCUT2D eigenvalue weighted by atomic mass is 31.2. The van der Waals surface area contributed by atoms with Crippen molar-refractivity contribution in [3.63, 3.8) is 0 Å². The second kappa shape index (κ2) is 10.2. The number of aryl methyl sites for hydroxylation is 1. The molecule has 0 atom stereocenters. The number of anilines is 1. The van der Waals surface area contributed by atoms with Crippen LogP contribution in [0.1, 0.15) is 44.9 Å². The summed E-state index contributed by atoms with van der Waals surface area (Å²) in [4.78, 5) is 30.1. The largest absolute Gasteiger partial charge is 0.469 e. The van der Waals surface area contributed by atoms with Crippen LogP contribution in [0, 0.1) is 11.8 Å². The molecule has 0 aliphatic carbocycles. The number of hydrogen-bond acceptors (Lipinski definition) is 7. The molecule has 0 unspecified atom stereocenters.